The van der Waals surface area contributed by atoms with Crippen molar-refractivity contribution in [3.63, 3.8) is 0 Å². The predicted octanol–water partition coefficient (Wildman–Crippen LogP) is 3.41. The van der Waals surface area contributed by atoms with Crippen molar-refractivity contribution >= 4 is 0 Å². The minimum atomic E-state index is -0.563. The first-order valence-electron chi connectivity index (χ1n) is 5.37. The predicted molar refractivity (Wildman–Crippen MR) is 60.3 cm³/mol. The summed E-state index contributed by atoms with van der Waals surface area (Å²) in [5.74, 6) is -0.332. The van der Waals surface area contributed by atoms with E-state index in [0.29, 0.717) is 12.1 Å². The van der Waals surface area contributed by atoms with E-state index in [4.69, 9.17) is 4.42 Å². The van der Waals surface area contributed by atoms with E-state index < -0.39 is 11.6 Å². The Kier molecular flexibility index (Phi) is 3.54. The van der Waals surface area contributed by atoms with E-state index >= 15 is 0 Å². The molecule has 2 rings (SSSR count). The minimum Gasteiger partial charge on any atom is -0.468 e. The van der Waals surface area contributed by atoms with Gasteiger partial charge in [0.2, 0.25) is 0 Å². The number of hydrogen-bond donors (Lipinski definition) is 1. The zero-order valence-electron chi connectivity index (χ0n) is 9.41. The molecule has 1 N–H and O–H groups in total. The summed E-state index contributed by atoms with van der Waals surface area (Å²) >= 11 is 0. The summed E-state index contributed by atoms with van der Waals surface area (Å²) in [6.07, 6.45) is 1.59. The van der Waals surface area contributed by atoms with Crippen LogP contribution in [0.5, 0.6) is 0 Å². The molecule has 90 valence electrons. The molecule has 0 radical (unpaired) electrons. The molecule has 0 aliphatic carbocycles. The molecule has 17 heavy (non-hydrogen) atoms. The van der Waals surface area contributed by atoms with Gasteiger partial charge in [0.1, 0.15) is 17.4 Å². The van der Waals surface area contributed by atoms with Crippen LogP contribution in [0, 0.1) is 11.6 Å². The molecule has 4 heteroatoms. The summed E-state index contributed by atoms with van der Waals surface area (Å²) in [5, 5.41) is 3.13. The SMILES string of the molecule is C[C@H](NCc1cc(F)cc(F)c1)c1ccco1. The molecule has 0 saturated heterocycles. The largest absolute Gasteiger partial charge is 0.468 e. The van der Waals surface area contributed by atoms with E-state index in [0.717, 1.165) is 11.8 Å². The molecular formula is C13H13F2NO. The number of rotatable bonds is 4. The maximum atomic E-state index is 12.9. The molecule has 0 saturated carbocycles. The van der Waals surface area contributed by atoms with Crippen molar-refractivity contribution in [1.82, 2.24) is 5.32 Å². The van der Waals surface area contributed by atoms with Gasteiger partial charge in [0.05, 0.1) is 12.3 Å². The third-order valence-electron chi connectivity index (χ3n) is 2.50. The van der Waals surface area contributed by atoms with Gasteiger partial charge in [-0.3, -0.25) is 0 Å². The van der Waals surface area contributed by atoms with Crippen LogP contribution < -0.4 is 5.32 Å². The first-order valence-corrected chi connectivity index (χ1v) is 5.37. The highest BCUT2D eigenvalue weighted by Gasteiger charge is 2.08. The topological polar surface area (TPSA) is 25.2 Å². The summed E-state index contributed by atoms with van der Waals surface area (Å²) in [6, 6.07) is 7.13. The number of nitrogens with one attached hydrogen (secondary N) is 1. The van der Waals surface area contributed by atoms with Gasteiger partial charge in [-0.05, 0) is 36.8 Å². The first kappa shape index (κ1) is 11.8. The molecule has 2 nitrogen and oxygen atoms in total. The number of halogens is 2. The standard InChI is InChI=1S/C13H13F2NO/c1-9(13-3-2-4-17-13)16-8-10-5-11(14)7-12(15)6-10/h2-7,9,16H,8H2,1H3/t9-/m0/s1. The van der Waals surface area contributed by atoms with Crippen molar-refractivity contribution in [3.05, 3.63) is 59.6 Å². The molecule has 1 aromatic heterocycles. The second-order valence-electron chi connectivity index (χ2n) is 3.90. The fourth-order valence-corrected chi connectivity index (χ4v) is 1.62. The fraction of sp³-hybridized carbons (Fsp3) is 0.231. The van der Waals surface area contributed by atoms with Crippen molar-refractivity contribution in [2.75, 3.05) is 0 Å². The molecule has 0 fully saturated rings. The molecule has 0 aliphatic rings. The summed E-state index contributed by atoms with van der Waals surface area (Å²) in [6.45, 7) is 2.31. The first-order chi connectivity index (χ1) is 8.15. The lowest BCUT2D eigenvalue weighted by atomic mass is 10.2. The molecule has 0 amide bonds. The number of hydrogen-bond acceptors (Lipinski definition) is 2. The summed E-state index contributed by atoms with van der Waals surface area (Å²) in [5.41, 5.74) is 0.570. The van der Waals surface area contributed by atoms with Gasteiger partial charge in [-0.25, -0.2) is 8.78 Å². The summed E-state index contributed by atoms with van der Waals surface area (Å²) < 4.78 is 31.1. The average Bonchev–Trinajstić information content (AvgIpc) is 2.78. The molecule has 0 bridgehead atoms. The van der Waals surface area contributed by atoms with Gasteiger partial charge in [-0.15, -0.1) is 0 Å². The van der Waals surface area contributed by atoms with Gasteiger partial charge in [-0.2, -0.15) is 0 Å². The molecular weight excluding hydrogens is 224 g/mol. The average molecular weight is 237 g/mol. The Hall–Kier alpha value is -1.68. The second kappa shape index (κ2) is 5.10. The van der Waals surface area contributed by atoms with E-state index in [1.807, 2.05) is 13.0 Å². The molecule has 0 aliphatic heterocycles. The summed E-state index contributed by atoms with van der Waals surface area (Å²) in [7, 11) is 0. The normalized spacial score (nSPS) is 12.6. The van der Waals surface area contributed by atoms with Gasteiger partial charge >= 0.3 is 0 Å². The van der Waals surface area contributed by atoms with Crippen molar-refractivity contribution in [2.45, 2.75) is 19.5 Å². The Morgan fingerprint density at radius 2 is 1.94 bits per heavy atom. The van der Waals surface area contributed by atoms with E-state index in [1.54, 1.807) is 12.3 Å². The van der Waals surface area contributed by atoms with E-state index in [-0.39, 0.29) is 6.04 Å². The van der Waals surface area contributed by atoms with Gasteiger partial charge in [-0.1, -0.05) is 0 Å². The molecule has 0 spiro atoms. The Bertz CT molecular complexity index is 462. The van der Waals surface area contributed by atoms with Crippen LogP contribution in [0.2, 0.25) is 0 Å². The molecule has 1 aromatic carbocycles. The van der Waals surface area contributed by atoms with Crippen LogP contribution in [-0.4, -0.2) is 0 Å². The van der Waals surface area contributed by atoms with Crippen LogP contribution in [0.3, 0.4) is 0 Å². The van der Waals surface area contributed by atoms with Crippen LogP contribution in [0.15, 0.2) is 41.0 Å². The zero-order chi connectivity index (χ0) is 12.3. The molecule has 0 unspecified atom stereocenters. The monoisotopic (exact) mass is 237 g/mol. The highest BCUT2D eigenvalue weighted by Crippen LogP contribution is 2.14. The van der Waals surface area contributed by atoms with Gasteiger partial charge < -0.3 is 9.73 Å². The van der Waals surface area contributed by atoms with Crippen LogP contribution in [-0.2, 0) is 6.54 Å². The van der Waals surface area contributed by atoms with E-state index in [1.165, 1.54) is 12.1 Å². The van der Waals surface area contributed by atoms with Crippen LogP contribution in [0.1, 0.15) is 24.3 Å². The van der Waals surface area contributed by atoms with Gasteiger partial charge in [0.15, 0.2) is 0 Å². The van der Waals surface area contributed by atoms with Crippen molar-refractivity contribution in [3.8, 4) is 0 Å². The molecule has 1 heterocycles. The minimum absolute atomic E-state index is 0.00340. The zero-order valence-corrected chi connectivity index (χ0v) is 9.41. The van der Waals surface area contributed by atoms with Crippen molar-refractivity contribution < 1.29 is 13.2 Å². The maximum absolute atomic E-state index is 12.9. The maximum Gasteiger partial charge on any atom is 0.126 e. The Labute approximate surface area is 98.3 Å². The Morgan fingerprint density at radius 3 is 2.53 bits per heavy atom. The number of benzene rings is 1. The van der Waals surface area contributed by atoms with Gasteiger partial charge in [0.25, 0.3) is 0 Å². The lowest BCUT2D eigenvalue weighted by Gasteiger charge is -2.11. The third kappa shape index (κ3) is 3.14. The van der Waals surface area contributed by atoms with Crippen LogP contribution in [0.4, 0.5) is 8.78 Å². The smallest absolute Gasteiger partial charge is 0.126 e. The van der Waals surface area contributed by atoms with Gasteiger partial charge in [0, 0.05) is 12.6 Å². The lowest BCUT2D eigenvalue weighted by molar-refractivity contribution is 0.429. The fourth-order valence-electron chi connectivity index (χ4n) is 1.62. The molecule has 1 atom stereocenters. The third-order valence-corrected chi connectivity index (χ3v) is 2.50. The quantitative estimate of drug-likeness (QED) is 0.881. The second-order valence-corrected chi connectivity index (χ2v) is 3.90. The Balaban J connectivity index is 1.98. The lowest BCUT2D eigenvalue weighted by Crippen LogP contribution is -2.17. The highest BCUT2D eigenvalue weighted by atomic mass is 19.1. The van der Waals surface area contributed by atoms with Crippen molar-refractivity contribution in [1.29, 1.82) is 0 Å². The van der Waals surface area contributed by atoms with Crippen LogP contribution >= 0.6 is 0 Å². The highest BCUT2D eigenvalue weighted by molar-refractivity contribution is 5.18. The Morgan fingerprint density at radius 1 is 1.24 bits per heavy atom. The number of furan rings is 1. The van der Waals surface area contributed by atoms with Crippen molar-refractivity contribution in [2.24, 2.45) is 0 Å². The van der Waals surface area contributed by atoms with Crippen LogP contribution in [0.25, 0.3) is 0 Å². The van der Waals surface area contributed by atoms with E-state index in [9.17, 15) is 8.78 Å². The summed E-state index contributed by atoms with van der Waals surface area (Å²) in [4.78, 5) is 0. The van der Waals surface area contributed by atoms with E-state index in [2.05, 4.69) is 5.32 Å². The molecule has 2 aromatic rings.